The zero-order valence-corrected chi connectivity index (χ0v) is 8.46. The van der Waals surface area contributed by atoms with Crippen molar-refractivity contribution in [2.24, 2.45) is 0 Å². The number of aryl methyl sites for hydroxylation is 1. The van der Waals surface area contributed by atoms with Crippen molar-refractivity contribution in [1.82, 2.24) is 0 Å². The molecule has 0 heterocycles. The lowest BCUT2D eigenvalue weighted by Crippen LogP contribution is -2.20. The first-order valence-corrected chi connectivity index (χ1v) is 5.58. The average molecular weight is 218 g/mol. The van der Waals surface area contributed by atoms with Gasteiger partial charge in [-0.1, -0.05) is 12.1 Å². The van der Waals surface area contributed by atoms with Crippen LogP contribution in [0.3, 0.4) is 0 Å². The van der Waals surface area contributed by atoms with Crippen LogP contribution < -0.4 is 0 Å². The van der Waals surface area contributed by atoms with Crippen molar-refractivity contribution in [2.75, 3.05) is 6.61 Å². The molecular formula is C9H11FO3S. The van der Waals surface area contributed by atoms with Crippen LogP contribution in [0.1, 0.15) is 5.56 Å². The van der Waals surface area contributed by atoms with Gasteiger partial charge >= 0.3 is 0 Å². The van der Waals surface area contributed by atoms with Crippen LogP contribution in [0.25, 0.3) is 0 Å². The molecule has 1 rings (SSSR count). The largest absolute Gasteiger partial charge is 0.392 e. The molecule has 5 heteroatoms. The zero-order chi connectivity index (χ0) is 10.8. The average Bonchev–Trinajstić information content (AvgIpc) is 2.16. The van der Waals surface area contributed by atoms with Crippen molar-refractivity contribution in [1.29, 1.82) is 0 Å². The van der Waals surface area contributed by atoms with Crippen molar-refractivity contribution < 1.29 is 17.9 Å². The molecule has 1 aromatic carbocycles. The van der Waals surface area contributed by atoms with Crippen molar-refractivity contribution in [3.63, 3.8) is 0 Å². The standard InChI is InChI=1S/C9H11FO3S/c1-7-3-2-4-8(5-7)14(12,13)9(10)6-11/h2-5,9,11H,6H2,1H3. The number of rotatable bonds is 3. The highest BCUT2D eigenvalue weighted by Crippen LogP contribution is 2.17. The van der Waals surface area contributed by atoms with E-state index in [1.165, 1.54) is 18.2 Å². The van der Waals surface area contributed by atoms with Crippen molar-refractivity contribution >= 4 is 9.84 Å². The molecule has 78 valence electrons. The lowest BCUT2D eigenvalue weighted by atomic mass is 10.2. The molecule has 0 aliphatic carbocycles. The van der Waals surface area contributed by atoms with Crippen LogP contribution >= 0.6 is 0 Å². The number of hydrogen-bond acceptors (Lipinski definition) is 3. The molecule has 0 aliphatic heterocycles. The minimum atomic E-state index is -4.03. The molecule has 0 radical (unpaired) electrons. The number of hydrogen-bond donors (Lipinski definition) is 1. The maximum atomic E-state index is 12.9. The van der Waals surface area contributed by atoms with Crippen LogP contribution in [-0.2, 0) is 9.84 Å². The molecule has 0 aromatic heterocycles. The molecular weight excluding hydrogens is 207 g/mol. The van der Waals surface area contributed by atoms with Crippen molar-refractivity contribution in [3.05, 3.63) is 29.8 Å². The summed E-state index contributed by atoms with van der Waals surface area (Å²) in [5.74, 6) is 0. The molecule has 1 aromatic rings. The summed E-state index contributed by atoms with van der Waals surface area (Å²) >= 11 is 0. The first kappa shape index (κ1) is 11.1. The monoisotopic (exact) mass is 218 g/mol. The number of alkyl halides is 1. The minimum absolute atomic E-state index is 0.0981. The second kappa shape index (κ2) is 4.06. The van der Waals surface area contributed by atoms with Crippen LogP contribution in [0.5, 0.6) is 0 Å². The molecule has 1 atom stereocenters. The van der Waals surface area contributed by atoms with Gasteiger partial charge in [-0.2, -0.15) is 0 Å². The fraction of sp³-hybridized carbons (Fsp3) is 0.333. The van der Waals surface area contributed by atoms with E-state index in [0.29, 0.717) is 0 Å². The maximum absolute atomic E-state index is 12.9. The fourth-order valence-corrected chi connectivity index (χ4v) is 2.15. The highest BCUT2D eigenvalue weighted by atomic mass is 32.2. The molecule has 0 saturated heterocycles. The van der Waals surface area contributed by atoms with Gasteiger partial charge in [0, 0.05) is 0 Å². The Morgan fingerprint density at radius 2 is 2.14 bits per heavy atom. The van der Waals surface area contributed by atoms with Crippen LogP contribution in [0.2, 0.25) is 0 Å². The summed E-state index contributed by atoms with van der Waals surface area (Å²) < 4.78 is 35.7. The third-order valence-electron chi connectivity index (χ3n) is 1.80. The summed E-state index contributed by atoms with van der Waals surface area (Å²) in [6.45, 7) is 0.696. The van der Waals surface area contributed by atoms with Gasteiger partial charge in [-0.15, -0.1) is 0 Å². The molecule has 1 unspecified atom stereocenters. The Kier molecular flexibility index (Phi) is 3.23. The lowest BCUT2D eigenvalue weighted by molar-refractivity contribution is 0.226. The number of aliphatic hydroxyl groups is 1. The highest BCUT2D eigenvalue weighted by molar-refractivity contribution is 7.92. The summed E-state index contributed by atoms with van der Waals surface area (Å²) in [6.07, 6.45) is 0. The third kappa shape index (κ3) is 2.10. The van der Waals surface area contributed by atoms with E-state index in [9.17, 15) is 12.8 Å². The Morgan fingerprint density at radius 3 is 2.64 bits per heavy atom. The van der Waals surface area contributed by atoms with Gasteiger partial charge in [0.05, 0.1) is 11.5 Å². The van der Waals surface area contributed by atoms with E-state index in [1.54, 1.807) is 13.0 Å². The second-order valence-electron chi connectivity index (χ2n) is 2.95. The van der Waals surface area contributed by atoms with E-state index in [2.05, 4.69) is 0 Å². The Hall–Kier alpha value is -0.940. The lowest BCUT2D eigenvalue weighted by Gasteiger charge is -2.07. The van der Waals surface area contributed by atoms with E-state index in [4.69, 9.17) is 5.11 Å². The van der Waals surface area contributed by atoms with Gasteiger partial charge < -0.3 is 5.11 Å². The van der Waals surface area contributed by atoms with Gasteiger partial charge in [0.15, 0.2) is 0 Å². The quantitative estimate of drug-likeness (QED) is 0.825. The van der Waals surface area contributed by atoms with Crippen LogP contribution in [-0.4, -0.2) is 25.6 Å². The minimum Gasteiger partial charge on any atom is -0.392 e. The van der Waals surface area contributed by atoms with Gasteiger partial charge in [-0.05, 0) is 24.6 Å². The van der Waals surface area contributed by atoms with E-state index in [-0.39, 0.29) is 4.90 Å². The molecule has 0 saturated carbocycles. The molecule has 0 aliphatic rings. The summed E-state index contributed by atoms with van der Waals surface area (Å²) in [4.78, 5) is -0.0981. The van der Waals surface area contributed by atoms with Crippen molar-refractivity contribution in [2.45, 2.75) is 17.3 Å². The van der Waals surface area contributed by atoms with E-state index < -0.39 is 21.9 Å². The van der Waals surface area contributed by atoms with Crippen LogP contribution in [0.4, 0.5) is 4.39 Å². The summed E-state index contributed by atoms with van der Waals surface area (Å²) in [5.41, 5.74) is -1.51. The van der Waals surface area contributed by atoms with Crippen LogP contribution in [0.15, 0.2) is 29.2 Å². The zero-order valence-electron chi connectivity index (χ0n) is 7.64. The molecule has 0 amide bonds. The van der Waals surface area contributed by atoms with E-state index in [1.807, 2.05) is 0 Å². The summed E-state index contributed by atoms with van der Waals surface area (Å²) in [6, 6.07) is 5.93. The smallest absolute Gasteiger partial charge is 0.228 e. The van der Waals surface area contributed by atoms with E-state index in [0.717, 1.165) is 5.56 Å². The molecule has 0 fully saturated rings. The Bertz CT molecular complexity index is 414. The number of sulfone groups is 1. The first-order chi connectivity index (χ1) is 6.48. The SMILES string of the molecule is Cc1cccc(S(=O)(=O)C(F)CO)c1. The summed E-state index contributed by atoms with van der Waals surface area (Å²) in [7, 11) is -4.03. The number of halogens is 1. The second-order valence-corrected chi connectivity index (χ2v) is 5.03. The van der Waals surface area contributed by atoms with Gasteiger partial charge in [-0.3, -0.25) is 0 Å². The van der Waals surface area contributed by atoms with E-state index >= 15 is 0 Å². The van der Waals surface area contributed by atoms with Gasteiger partial charge in [-0.25, -0.2) is 12.8 Å². The highest BCUT2D eigenvalue weighted by Gasteiger charge is 2.26. The summed E-state index contributed by atoms with van der Waals surface area (Å²) in [5, 5.41) is 8.45. The predicted octanol–water partition coefficient (Wildman–Crippen LogP) is 1.06. The molecule has 0 bridgehead atoms. The Labute approximate surface area is 82.1 Å². The predicted molar refractivity (Wildman–Crippen MR) is 50.3 cm³/mol. The van der Waals surface area contributed by atoms with Gasteiger partial charge in [0.2, 0.25) is 15.3 Å². The third-order valence-corrected chi connectivity index (χ3v) is 3.53. The topological polar surface area (TPSA) is 54.4 Å². The first-order valence-electron chi connectivity index (χ1n) is 4.04. The molecule has 14 heavy (non-hydrogen) atoms. The molecule has 3 nitrogen and oxygen atoms in total. The Balaban J connectivity index is 3.17. The Morgan fingerprint density at radius 1 is 1.50 bits per heavy atom. The van der Waals surface area contributed by atoms with Gasteiger partial charge in [0.1, 0.15) is 0 Å². The molecule has 1 N–H and O–H groups in total. The normalized spacial score (nSPS) is 13.9. The fourth-order valence-electron chi connectivity index (χ4n) is 1.04. The number of benzene rings is 1. The van der Waals surface area contributed by atoms with Crippen LogP contribution in [0, 0.1) is 6.92 Å². The number of aliphatic hydroxyl groups excluding tert-OH is 1. The van der Waals surface area contributed by atoms with Crippen molar-refractivity contribution in [3.8, 4) is 0 Å². The molecule has 0 spiro atoms. The maximum Gasteiger partial charge on any atom is 0.228 e. The van der Waals surface area contributed by atoms with Gasteiger partial charge in [0.25, 0.3) is 0 Å².